The van der Waals surface area contributed by atoms with E-state index in [4.69, 9.17) is 4.12 Å². The Hall–Kier alpha value is -0.0262. The molecule has 0 aliphatic heterocycles. The van der Waals surface area contributed by atoms with Crippen LogP contribution in [0.1, 0.15) is 12.8 Å². The highest BCUT2D eigenvalue weighted by Gasteiger charge is 2.32. The molecule has 0 heterocycles. The van der Waals surface area contributed by atoms with Crippen molar-refractivity contribution < 1.29 is 30.5 Å². The lowest BCUT2D eigenvalue weighted by atomic mass is 10.5. The summed E-state index contributed by atoms with van der Waals surface area (Å²) in [5, 5.41) is 0. The molecule has 0 bridgehead atoms. The average molecular weight is 270 g/mol. The van der Waals surface area contributed by atoms with Crippen LogP contribution in [-0.2, 0) is 4.12 Å². The molecule has 15 heavy (non-hydrogen) atoms. The molecule has 0 amide bonds. The third-order valence-electron chi connectivity index (χ3n) is 1.83. The number of rotatable bonds is 5. The van der Waals surface area contributed by atoms with Crippen molar-refractivity contribution in [2.75, 3.05) is 0 Å². The van der Waals surface area contributed by atoms with Gasteiger partial charge >= 0.3 is 12.4 Å². The molecule has 0 aliphatic carbocycles. The SMILES string of the molecule is FC(F)(F)CC[SiH](CCC(F)(F)F)O[SiH3]. The van der Waals surface area contributed by atoms with E-state index < -0.39 is 34.2 Å². The van der Waals surface area contributed by atoms with Gasteiger partial charge in [0.15, 0.2) is 9.04 Å². The summed E-state index contributed by atoms with van der Waals surface area (Å²) in [6.45, 7) is 0. The molecule has 0 saturated carbocycles. The molecule has 0 N–H and O–H groups in total. The van der Waals surface area contributed by atoms with Gasteiger partial charge in [0.1, 0.15) is 10.5 Å². The molecule has 0 aliphatic rings. The monoisotopic (exact) mass is 270 g/mol. The van der Waals surface area contributed by atoms with Crippen LogP contribution in [0.3, 0.4) is 0 Å². The molecule has 0 radical (unpaired) electrons. The fraction of sp³-hybridized carbons (Fsp3) is 1.00. The van der Waals surface area contributed by atoms with E-state index in [1.165, 1.54) is 0 Å². The van der Waals surface area contributed by atoms with Gasteiger partial charge in [0.2, 0.25) is 0 Å². The molecular formula is C6H12F6OSi2. The van der Waals surface area contributed by atoms with Gasteiger partial charge in [-0.05, 0) is 12.1 Å². The molecule has 0 saturated heterocycles. The van der Waals surface area contributed by atoms with Gasteiger partial charge in [-0.2, -0.15) is 26.3 Å². The Kier molecular flexibility index (Phi) is 5.89. The quantitative estimate of drug-likeness (QED) is 0.548. The maximum Gasteiger partial charge on any atom is 0.388 e. The third-order valence-corrected chi connectivity index (χ3v) is 6.36. The summed E-state index contributed by atoms with van der Waals surface area (Å²) in [6.07, 6.45) is -10.7. The number of hydrogen-bond donors (Lipinski definition) is 0. The summed E-state index contributed by atoms with van der Waals surface area (Å²) in [5.41, 5.74) is 0. The van der Waals surface area contributed by atoms with Crippen LogP contribution in [0.5, 0.6) is 0 Å². The van der Waals surface area contributed by atoms with Crippen LogP contribution in [0.4, 0.5) is 26.3 Å². The zero-order chi connectivity index (χ0) is 12.1. The molecule has 0 fully saturated rings. The van der Waals surface area contributed by atoms with Crippen LogP contribution in [0, 0.1) is 0 Å². The highest BCUT2D eigenvalue weighted by Crippen LogP contribution is 2.27. The van der Waals surface area contributed by atoms with E-state index in [2.05, 4.69) is 0 Å². The van der Waals surface area contributed by atoms with Gasteiger partial charge in [-0.15, -0.1) is 0 Å². The Morgan fingerprint density at radius 3 is 1.40 bits per heavy atom. The van der Waals surface area contributed by atoms with Crippen molar-refractivity contribution >= 4 is 19.5 Å². The molecule has 92 valence electrons. The maximum atomic E-state index is 11.8. The van der Waals surface area contributed by atoms with Crippen molar-refractivity contribution in [2.45, 2.75) is 37.3 Å². The summed E-state index contributed by atoms with van der Waals surface area (Å²) in [7, 11) is -2.09. The van der Waals surface area contributed by atoms with Crippen LogP contribution in [0.25, 0.3) is 0 Å². The summed E-state index contributed by atoms with van der Waals surface area (Å²) < 4.78 is 75.5. The second-order valence-corrected chi connectivity index (χ2v) is 7.45. The van der Waals surface area contributed by atoms with E-state index in [-0.39, 0.29) is 22.6 Å². The number of hydrogen-bond acceptors (Lipinski definition) is 1. The van der Waals surface area contributed by atoms with Gasteiger partial charge in [-0.3, -0.25) is 0 Å². The van der Waals surface area contributed by atoms with Crippen LogP contribution >= 0.6 is 0 Å². The van der Waals surface area contributed by atoms with E-state index in [1.54, 1.807) is 0 Å². The highest BCUT2D eigenvalue weighted by atomic mass is 28.3. The predicted octanol–water partition coefficient (Wildman–Crippen LogP) is 1.91. The first-order valence-corrected chi connectivity index (χ1v) is 7.22. The van der Waals surface area contributed by atoms with Crippen LogP contribution in [-0.4, -0.2) is 31.9 Å². The van der Waals surface area contributed by atoms with Crippen LogP contribution in [0.15, 0.2) is 0 Å². The van der Waals surface area contributed by atoms with Crippen LogP contribution < -0.4 is 0 Å². The standard InChI is InChI=1S/C6H12F6OSi2/c7-5(8,9)1-3-15(13-14)4-2-6(10,11)12/h15H,1-4H2,14H3. The maximum absolute atomic E-state index is 11.8. The average Bonchev–Trinajstić information content (AvgIpc) is 2.00. The second kappa shape index (κ2) is 5.90. The summed E-state index contributed by atoms with van der Waals surface area (Å²) in [4.78, 5) is 0. The smallest absolute Gasteiger partial charge is 0.388 e. The van der Waals surface area contributed by atoms with Crippen molar-refractivity contribution in [3.63, 3.8) is 0 Å². The van der Waals surface area contributed by atoms with Gasteiger partial charge < -0.3 is 4.12 Å². The Labute approximate surface area is 88.1 Å². The molecule has 0 aromatic heterocycles. The van der Waals surface area contributed by atoms with Gasteiger partial charge in [0.25, 0.3) is 0 Å². The minimum Gasteiger partial charge on any atom is -0.465 e. The van der Waals surface area contributed by atoms with E-state index >= 15 is 0 Å². The molecule has 9 heteroatoms. The van der Waals surface area contributed by atoms with Gasteiger partial charge in [-0.1, -0.05) is 0 Å². The summed E-state index contributed by atoms with van der Waals surface area (Å²) in [5.74, 6) is 0. The minimum absolute atomic E-state index is 0.201. The molecule has 0 atom stereocenters. The molecule has 0 spiro atoms. The second-order valence-electron chi connectivity index (χ2n) is 3.17. The Balaban J connectivity index is 3.84. The topological polar surface area (TPSA) is 9.23 Å². The van der Waals surface area contributed by atoms with Gasteiger partial charge in [-0.25, -0.2) is 0 Å². The normalized spacial score (nSPS) is 13.8. The molecule has 0 aromatic carbocycles. The van der Waals surface area contributed by atoms with Crippen molar-refractivity contribution in [3.8, 4) is 0 Å². The van der Waals surface area contributed by atoms with E-state index in [0.717, 1.165) is 0 Å². The molecule has 1 nitrogen and oxygen atoms in total. The molecular weight excluding hydrogens is 258 g/mol. The first kappa shape index (κ1) is 15.0. The number of alkyl halides is 6. The Morgan fingerprint density at radius 2 is 1.20 bits per heavy atom. The highest BCUT2D eigenvalue weighted by molar-refractivity contribution is 6.55. The fourth-order valence-electron chi connectivity index (χ4n) is 1.03. The molecule has 0 unspecified atom stereocenters. The summed E-state index contributed by atoms with van der Waals surface area (Å²) in [6, 6.07) is -0.522. The number of halogens is 6. The molecule has 0 rings (SSSR count). The lowest BCUT2D eigenvalue weighted by molar-refractivity contribution is -0.131. The van der Waals surface area contributed by atoms with E-state index in [9.17, 15) is 26.3 Å². The fourth-order valence-corrected chi connectivity index (χ4v) is 4.50. The van der Waals surface area contributed by atoms with Crippen molar-refractivity contribution in [1.29, 1.82) is 0 Å². The first-order chi connectivity index (χ1) is 6.64. The lowest BCUT2D eigenvalue weighted by Crippen LogP contribution is -2.22. The lowest BCUT2D eigenvalue weighted by Gasteiger charge is -2.15. The largest absolute Gasteiger partial charge is 0.465 e. The van der Waals surface area contributed by atoms with Gasteiger partial charge in [0.05, 0.1) is 0 Å². The molecule has 0 aromatic rings. The van der Waals surface area contributed by atoms with Crippen molar-refractivity contribution in [1.82, 2.24) is 0 Å². The van der Waals surface area contributed by atoms with Gasteiger partial charge in [0, 0.05) is 12.8 Å². The van der Waals surface area contributed by atoms with E-state index in [1.807, 2.05) is 0 Å². The Morgan fingerprint density at radius 1 is 0.867 bits per heavy atom. The van der Waals surface area contributed by atoms with Crippen molar-refractivity contribution in [3.05, 3.63) is 0 Å². The summed E-state index contributed by atoms with van der Waals surface area (Å²) >= 11 is 0. The first-order valence-electron chi connectivity index (χ1n) is 4.30. The predicted molar refractivity (Wildman–Crippen MR) is 49.1 cm³/mol. The zero-order valence-corrected chi connectivity index (χ0v) is 11.2. The van der Waals surface area contributed by atoms with Crippen molar-refractivity contribution in [2.24, 2.45) is 0 Å². The van der Waals surface area contributed by atoms with Crippen LogP contribution in [0.2, 0.25) is 12.1 Å². The Bertz CT molecular complexity index is 161. The third kappa shape index (κ3) is 10.3. The zero-order valence-electron chi connectivity index (χ0n) is 8.08. The van der Waals surface area contributed by atoms with E-state index in [0.29, 0.717) is 0 Å². The minimum atomic E-state index is -4.30.